The lowest BCUT2D eigenvalue weighted by molar-refractivity contribution is -0.146. The van der Waals surface area contributed by atoms with Crippen molar-refractivity contribution in [3.8, 4) is 0 Å². The average molecular weight is 350 g/mol. The second kappa shape index (κ2) is 6.86. The molecule has 5 heteroatoms. The number of rotatable bonds is 0. The van der Waals surface area contributed by atoms with Crippen LogP contribution >= 0.6 is 0 Å². The van der Waals surface area contributed by atoms with Gasteiger partial charge in [-0.15, -0.1) is 0 Å². The van der Waals surface area contributed by atoms with Crippen LogP contribution in [0.2, 0.25) is 0 Å². The molecule has 2 bridgehead atoms. The molecule has 0 saturated carbocycles. The first-order valence-corrected chi connectivity index (χ1v) is 9.34. The molecule has 140 valence electrons. The summed E-state index contributed by atoms with van der Waals surface area (Å²) < 4.78 is 11.7. The minimum atomic E-state index is -1.16. The zero-order valence-electron chi connectivity index (χ0n) is 15.6. The molecule has 0 radical (unpaired) electrons. The number of hydrogen-bond acceptors (Lipinski definition) is 5. The molecule has 0 amide bonds. The number of carbonyl (C=O) groups excluding carboxylic acids is 1. The Bertz CT molecular complexity index is 607. The van der Waals surface area contributed by atoms with Gasteiger partial charge in [-0.1, -0.05) is 18.6 Å². The third-order valence-corrected chi connectivity index (χ3v) is 6.18. The molecule has 1 saturated heterocycles. The first-order valence-electron chi connectivity index (χ1n) is 9.34. The summed E-state index contributed by atoms with van der Waals surface area (Å²) >= 11 is 0. The first-order chi connectivity index (χ1) is 11.7. The van der Waals surface area contributed by atoms with Crippen LogP contribution in [-0.2, 0) is 14.3 Å². The number of esters is 1. The molecule has 6 atom stereocenters. The molecule has 0 spiro atoms. The van der Waals surface area contributed by atoms with Crippen molar-refractivity contribution in [3.05, 3.63) is 22.8 Å². The van der Waals surface area contributed by atoms with E-state index in [2.05, 4.69) is 13.0 Å². The van der Waals surface area contributed by atoms with Gasteiger partial charge in [0.25, 0.3) is 0 Å². The van der Waals surface area contributed by atoms with Gasteiger partial charge in [0.05, 0.1) is 11.7 Å². The summed E-state index contributed by atoms with van der Waals surface area (Å²) in [6, 6.07) is 0. The van der Waals surface area contributed by atoms with Crippen molar-refractivity contribution in [2.24, 2.45) is 5.92 Å². The Kier molecular flexibility index (Phi) is 5.11. The quantitative estimate of drug-likeness (QED) is 0.519. The summed E-state index contributed by atoms with van der Waals surface area (Å²) in [5.41, 5.74) is 1.24. The van der Waals surface area contributed by atoms with E-state index in [4.69, 9.17) is 9.47 Å². The zero-order chi connectivity index (χ0) is 18.4. The van der Waals surface area contributed by atoms with Crippen LogP contribution in [0.25, 0.3) is 0 Å². The lowest BCUT2D eigenvalue weighted by atomic mass is 9.84. The van der Waals surface area contributed by atoms with Gasteiger partial charge >= 0.3 is 5.97 Å². The minimum absolute atomic E-state index is 0.0913. The van der Waals surface area contributed by atoms with E-state index in [1.807, 2.05) is 13.8 Å². The third kappa shape index (κ3) is 3.42. The number of hydrogen-bond donors (Lipinski definition) is 2. The van der Waals surface area contributed by atoms with Crippen molar-refractivity contribution < 1.29 is 24.5 Å². The molecule has 0 aromatic heterocycles. The second-order valence-electron chi connectivity index (χ2n) is 8.18. The predicted molar refractivity (Wildman–Crippen MR) is 93.9 cm³/mol. The standard InChI is InChI=1S/C20H30O5/c1-11-6-5-7-12(2)14-8-9-20(4,25-14)18(22)17(21)16-13(3)19(23)24-15(16)10-11/h6,12,14-15,17-18,21-22H,5,7-10H2,1-4H3/b11-6+/t12-,14?,15-,17-,18+,20?/m0/s1. The van der Waals surface area contributed by atoms with Crippen molar-refractivity contribution in [1.29, 1.82) is 0 Å². The Balaban J connectivity index is 1.97. The van der Waals surface area contributed by atoms with Gasteiger partial charge in [-0.05, 0) is 52.4 Å². The highest BCUT2D eigenvalue weighted by molar-refractivity contribution is 5.92. The van der Waals surface area contributed by atoms with Gasteiger partial charge in [-0.3, -0.25) is 0 Å². The Labute approximate surface area is 149 Å². The highest BCUT2D eigenvalue weighted by atomic mass is 16.6. The molecule has 0 aromatic rings. The Hall–Kier alpha value is -1.17. The van der Waals surface area contributed by atoms with E-state index >= 15 is 0 Å². The maximum atomic E-state index is 12.0. The number of ether oxygens (including phenoxy) is 2. The number of allylic oxidation sites excluding steroid dienone is 1. The van der Waals surface area contributed by atoms with E-state index in [0.29, 0.717) is 29.9 Å². The highest BCUT2D eigenvalue weighted by Crippen LogP contribution is 2.41. The number of fused-ring (bicyclic) bond motifs is 3. The summed E-state index contributed by atoms with van der Waals surface area (Å²) in [5, 5.41) is 21.8. The Morgan fingerprint density at radius 2 is 1.96 bits per heavy atom. The molecule has 3 aliphatic rings. The molecule has 25 heavy (non-hydrogen) atoms. The summed E-state index contributed by atoms with van der Waals surface area (Å²) in [5.74, 6) is -0.00983. The highest BCUT2D eigenvalue weighted by Gasteiger charge is 2.49. The maximum Gasteiger partial charge on any atom is 0.334 e. The topological polar surface area (TPSA) is 76.0 Å². The molecule has 3 heterocycles. The van der Waals surface area contributed by atoms with E-state index < -0.39 is 29.9 Å². The molecular weight excluding hydrogens is 320 g/mol. The van der Waals surface area contributed by atoms with Crippen molar-refractivity contribution in [1.82, 2.24) is 0 Å². The van der Waals surface area contributed by atoms with Crippen LogP contribution in [0.15, 0.2) is 22.8 Å². The van der Waals surface area contributed by atoms with Crippen molar-refractivity contribution in [2.45, 2.75) is 89.8 Å². The molecule has 1 fully saturated rings. The molecule has 5 nitrogen and oxygen atoms in total. The van der Waals surface area contributed by atoms with Crippen LogP contribution in [-0.4, -0.2) is 46.2 Å². The predicted octanol–water partition coefficient (Wildman–Crippen LogP) is 2.65. The summed E-state index contributed by atoms with van der Waals surface area (Å²) in [7, 11) is 0. The zero-order valence-corrected chi connectivity index (χ0v) is 15.6. The lowest BCUT2D eigenvalue weighted by Gasteiger charge is -2.35. The van der Waals surface area contributed by atoms with Crippen molar-refractivity contribution >= 4 is 5.97 Å². The Morgan fingerprint density at radius 3 is 2.68 bits per heavy atom. The SMILES string of the molecule is CC1=C2[C@H](C/C(C)=C/CC[C@H](C)C3CCC(C)(O3)[C@H](O)[C@H]2O)OC1=O. The summed E-state index contributed by atoms with van der Waals surface area (Å²) in [6.07, 6.45) is 3.61. The van der Waals surface area contributed by atoms with E-state index in [0.717, 1.165) is 24.8 Å². The summed E-state index contributed by atoms with van der Waals surface area (Å²) in [6.45, 7) is 7.73. The molecule has 2 unspecified atom stereocenters. The van der Waals surface area contributed by atoms with E-state index in [9.17, 15) is 15.0 Å². The van der Waals surface area contributed by atoms with Gasteiger partial charge < -0.3 is 19.7 Å². The molecule has 2 N–H and O–H groups in total. The fraction of sp³-hybridized carbons (Fsp3) is 0.750. The van der Waals surface area contributed by atoms with Crippen LogP contribution in [0.5, 0.6) is 0 Å². The minimum Gasteiger partial charge on any atom is -0.454 e. The van der Waals surface area contributed by atoms with Crippen molar-refractivity contribution in [2.75, 3.05) is 0 Å². The van der Waals surface area contributed by atoms with Crippen molar-refractivity contribution in [3.63, 3.8) is 0 Å². The maximum absolute atomic E-state index is 12.0. The van der Waals surface area contributed by atoms with E-state index in [-0.39, 0.29) is 6.10 Å². The number of aliphatic hydroxyl groups is 2. The number of aliphatic hydroxyl groups excluding tert-OH is 2. The largest absolute Gasteiger partial charge is 0.454 e. The van der Waals surface area contributed by atoms with Crippen LogP contribution in [0.4, 0.5) is 0 Å². The first kappa shape index (κ1) is 18.6. The van der Waals surface area contributed by atoms with Crippen LogP contribution in [0.3, 0.4) is 0 Å². The monoisotopic (exact) mass is 350 g/mol. The van der Waals surface area contributed by atoms with E-state index in [1.165, 1.54) is 0 Å². The van der Waals surface area contributed by atoms with Gasteiger partial charge in [0.15, 0.2) is 0 Å². The van der Waals surface area contributed by atoms with Gasteiger partial charge in [0, 0.05) is 17.6 Å². The van der Waals surface area contributed by atoms with Gasteiger partial charge in [-0.25, -0.2) is 4.79 Å². The van der Waals surface area contributed by atoms with Crippen LogP contribution < -0.4 is 0 Å². The number of carbonyl (C=O) groups is 1. The average Bonchev–Trinajstić information content (AvgIpc) is 3.07. The van der Waals surface area contributed by atoms with Crippen LogP contribution in [0.1, 0.15) is 59.8 Å². The smallest absolute Gasteiger partial charge is 0.334 e. The molecule has 3 aliphatic heterocycles. The third-order valence-electron chi connectivity index (χ3n) is 6.18. The molecular formula is C20H30O5. The normalized spacial score (nSPS) is 45.0. The van der Waals surface area contributed by atoms with Gasteiger partial charge in [0.2, 0.25) is 0 Å². The van der Waals surface area contributed by atoms with Crippen LogP contribution in [0, 0.1) is 5.92 Å². The van der Waals surface area contributed by atoms with E-state index in [1.54, 1.807) is 6.92 Å². The molecule has 3 rings (SSSR count). The molecule has 0 aliphatic carbocycles. The fourth-order valence-electron chi connectivity index (χ4n) is 4.37. The Morgan fingerprint density at radius 1 is 1.24 bits per heavy atom. The summed E-state index contributed by atoms with van der Waals surface area (Å²) in [4.78, 5) is 12.0. The molecule has 0 aromatic carbocycles. The van der Waals surface area contributed by atoms with Gasteiger partial charge in [-0.2, -0.15) is 0 Å². The second-order valence-corrected chi connectivity index (χ2v) is 8.18. The fourth-order valence-corrected chi connectivity index (χ4v) is 4.37. The van der Waals surface area contributed by atoms with Gasteiger partial charge in [0.1, 0.15) is 18.3 Å². The lowest BCUT2D eigenvalue weighted by Crippen LogP contribution is -2.49.